The minimum absolute atomic E-state index is 0.677. The van der Waals surface area contributed by atoms with E-state index in [1.54, 1.807) is 0 Å². The standard InChI is InChI=1S/C11H14BrClN2/c12-10-1-2-11(13)9(3-10)7-15-5-8(4-14)6-15/h1-3,8H,4-7,14H2. The van der Waals surface area contributed by atoms with Gasteiger partial charge in [0.2, 0.25) is 0 Å². The van der Waals surface area contributed by atoms with E-state index in [9.17, 15) is 0 Å². The van der Waals surface area contributed by atoms with Gasteiger partial charge in [0.05, 0.1) is 0 Å². The first kappa shape index (κ1) is 11.4. The summed E-state index contributed by atoms with van der Waals surface area (Å²) in [6, 6.07) is 5.98. The highest BCUT2D eigenvalue weighted by Gasteiger charge is 2.25. The summed E-state index contributed by atoms with van der Waals surface area (Å²) in [5, 5.41) is 0.842. The van der Waals surface area contributed by atoms with Crippen molar-refractivity contribution in [2.45, 2.75) is 6.54 Å². The van der Waals surface area contributed by atoms with Crippen molar-refractivity contribution in [3.05, 3.63) is 33.3 Å². The van der Waals surface area contributed by atoms with Crippen LogP contribution in [0, 0.1) is 5.92 Å². The van der Waals surface area contributed by atoms with Crippen LogP contribution in [0.1, 0.15) is 5.56 Å². The summed E-state index contributed by atoms with van der Waals surface area (Å²) in [7, 11) is 0. The second-order valence-corrected chi connectivity index (χ2v) is 5.35. The van der Waals surface area contributed by atoms with E-state index in [1.165, 1.54) is 5.56 Å². The average Bonchev–Trinajstić information content (AvgIpc) is 2.16. The van der Waals surface area contributed by atoms with Gasteiger partial charge in [0.25, 0.3) is 0 Å². The van der Waals surface area contributed by atoms with Gasteiger partial charge in [-0.05, 0) is 36.2 Å². The molecule has 2 rings (SSSR count). The minimum Gasteiger partial charge on any atom is -0.330 e. The third kappa shape index (κ3) is 2.72. The molecular formula is C11H14BrClN2. The Morgan fingerprint density at radius 3 is 2.87 bits per heavy atom. The molecule has 1 fully saturated rings. The normalized spacial score (nSPS) is 17.8. The number of halogens is 2. The zero-order chi connectivity index (χ0) is 10.8. The zero-order valence-corrected chi connectivity index (χ0v) is 10.8. The Morgan fingerprint density at radius 2 is 2.20 bits per heavy atom. The molecule has 15 heavy (non-hydrogen) atoms. The zero-order valence-electron chi connectivity index (χ0n) is 8.42. The van der Waals surface area contributed by atoms with Crippen molar-refractivity contribution in [3.8, 4) is 0 Å². The molecule has 0 bridgehead atoms. The van der Waals surface area contributed by atoms with Crippen molar-refractivity contribution in [2.24, 2.45) is 11.7 Å². The van der Waals surface area contributed by atoms with Crippen LogP contribution in [0.2, 0.25) is 5.02 Å². The molecular weight excluding hydrogens is 275 g/mol. The van der Waals surface area contributed by atoms with E-state index in [4.69, 9.17) is 17.3 Å². The van der Waals surface area contributed by atoms with Gasteiger partial charge in [-0.1, -0.05) is 27.5 Å². The lowest BCUT2D eigenvalue weighted by atomic mass is 10.00. The number of hydrogen-bond donors (Lipinski definition) is 1. The Morgan fingerprint density at radius 1 is 1.47 bits per heavy atom. The molecule has 0 unspecified atom stereocenters. The highest BCUT2D eigenvalue weighted by atomic mass is 79.9. The molecule has 0 saturated carbocycles. The topological polar surface area (TPSA) is 29.3 Å². The third-order valence-corrected chi connectivity index (χ3v) is 3.63. The van der Waals surface area contributed by atoms with Crippen LogP contribution in [-0.4, -0.2) is 24.5 Å². The number of nitrogens with zero attached hydrogens (tertiary/aromatic N) is 1. The number of hydrogen-bond acceptors (Lipinski definition) is 2. The maximum Gasteiger partial charge on any atom is 0.0451 e. The quantitative estimate of drug-likeness (QED) is 0.926. The highest BCUT2D eigenvalue weighted by molar-refractivity contribution is 9.10. The van der Waals surface area contributed by atoms with Crippen molar-refractivity contribution in [1.29, 1.82) is 0 Å². The molecule has 2 nitrogen and oxygen atoms in total. The maximum absolute atomic E-state index is 6.12. The second-order valence-electron chi connectivity index (χ2n) is 4.03. The first-order valence-electron chi connectivity index (χ1n) is 5.05. The van der Waals surface area contributed by atoms with E-state index in [0.717, 1.165) is 35.7 Å². The average molecular weight is 290 g/mol. The summed E-state index contributed by atoms with van der Waals surface area (Å²) in [5.41, 5.74) is 6.77. The van der Waals surface area contributed by atoms with Gasteiger partial charge < -0.3 is 5.73 Å². The summed E-state index contributed by atoms with van der Waals surface area (Å²) in [4.78, 5) is 2.37. The maximum atomic E-state index is 6.12. The van der Waals surface area contributed by atoms with Crippen LogP contribution in [0.5, 0.6) is 0 Å². The summed E-state index contributed by atoms with van der Waals surface area (Å²) in [5.74, 6) is 0.677. The van der Waals surface area contributed by atoms with Crippen LogP contribution in [0.4, 0.5) is 0 Å². The Bertz CT molecular complexity index is 350. The molecule has 1 aromatic rings. The molecule has 0 amide bonds. The van der Waals surface area contributed by atoms with Gasteiger partial charge in [-0.2, -0.15) is 0 Å². The fourth-order valence-corrected chi connectivity index (χ4v) is 2.45. The molecule has 2 N–H and O–H groups in total. The first-order valence-corrected chi connectivity index (χ1v) is 6.22. The van der Waals surface area contributed by atoms with Gasteiger partial charge in [0.15, 0.2) is 0 Å². The molecule has 1 aromatic carbocycles. The van der Waals surface area contributed by atoms with Crippen molar-refractivity contribution in [1.82, 2.24) is 4.90 Å². The minimum atomic E-state index is 0.677. The van der Waals surface area contributed by atoms with Crippen LogP contribution < -0.4 is 5.73 Å². The van der Waals surface area contributed by atoms with Gasteiger partial charge in [-0.15, -0.1) is 0 Å². The van der Waals surface area contributed by atoms with Crippen LogP contribution >= 0.6 is 27.5 Å². The van der Waals surface area contributed by atoms with E-state index in [0.29, 0.717) is 5.92 Å². The molecule has 1 aliphatic heterocycles. The third-order valence-electron chi connectivity index (χ3n) is 2.77. The molecule has 0 spiro atoms. The summed E-state index contributed by atoms with van der Waals surface area (Å²) in [6.45, 7) is 3.91. The van der Waals surface area contributed by atoms with Crippen LogP contribution in [-0.2, 0) is 6.54 Å². The highest BCUT2D eigenvalue weighted by Crippen LogP contribution is 2.25. The Kier molecular flexibility index (Phi) is 3.67. The lowest BCUT2D eigenvalue weighted by Crippen LogP contribution is -2.49. The van der Waals surface area contributed by atoms with Crippen molar-refractivity contribution in [2.75, 3.05) is 19.6 Å². The molecule has 1 saturated heterocycles. The molecule has 0 atom stereocenters. The molecule has 1 aliphatic rings. The van der Waals surface area contributed by atoms with E-state index in [1.807, 2.05) is 12.1 Å². The van der Waals surface area contributed by atoms with Gasteiger partial charge in [-0.3, -0.25) is 4.90 Å². The van der Waals surface area contributed by atoms with Crippen molar-refractivity contribution < 1.29 is 0 Å². The second kappa shape index (κ2) is 4.83. The van der Waals surface area contributed by atoms with E-state index in [-0.39, 0.29) is 0 Å². The first-order chi connectivity index (χ1) is 7.19. The SMILES string of the molecule is NCC1CN(Cc2cc(Br)ccc2Cl)C1. The van der Waals surface area contributed by atoms with E-state index >= 15 is 0 Å². The fraction of sp³-hybridized carbons (Fsp3) is 0.455. The monoisotopic (exact) mass is 288 g/mol. The lowest BCUT2D eigenvalue weighted by molar-refractivity contribution is 0.0979. The van der Waals surface area contributed by atoms with Crippen LogP contribution in [0.15, 0.2) is 22.7 Å². The number of benzene rings is 1. The van der Waals surface area contributed by atoms with Crippen LogP contribution in [0.25, 0.3) is 0 Å². The predicted molar refractivity (Wildman–Crippen MR) is 67.0 cm³/mol. The molecule has 0 aromatic heterocycles. The number of nitrogens with two attached hydrogens (primary N) is 1. The lowest BCUT2D eigenvalue weighted by Gasteiger charge is -2.38. The molecule has 0 radical (unpaired) electrons. The molecule has 4 heteroatoms. The van der Waals surface area contributed by atoms with Gasteiger partial charge in [0.1, 0.15) is 0 Å². The summed E-state index contributed by atoms with van der Waals surface area (Å²) in [6.07, 6.45) is 0. The van der Waals surface area contributed by atoms with E-state index in [2.05, 4.69) is 26.9 Å². The Balaban J connectivity index is 1.97. The van der Waals surface area contributed by atoms with Crippen molar-refractivity contribution in [3.63, 3.8) is 0 Å². The Hall–Kier alpha value is -0.0900. The number of likely N-dealkylation sites (tertiary alicyclic amines) is 1. The van der Waals surface area contributed by atoms with E-state index < -0.39 is 0 Å². The summed E-state index contributed by atoms with van der Waals surface area (Å²) >= 11 is 9.57. The van der Waals surface area contributed by atoms with Crippen molar-refractivity contribution >= 4 is 27.5 Å². The van der Waals surface area contributed by atoms with Crippen LogP contribution in [0.3, 0.4) is 0 Å². The van der Waals surface area contributed by atoms with Gasteiger partial charge >= 0.3 is 0 Å². The summed E-state index contributed by atoms with van der Waals surface area (Å²) < 4.78 is 1.08. The largest absolute Gasteiger partial charge is 0.330 e. The van der Waals surface area contributed by atoms with Gasteiger partial charge in [0, 0.05) is 29.1 Å². The van der Waals surface area contributed by atoms with Gasteiger partial charge in [-0.25, -0.2) is 0 Å². The Labute approximate surface area is 104 Å². The predicted octanol–water partition coefficient (Wildman–Crippen LogP) is 2.49. The fourth-order valence-electron chi connectivity index (χ4n) is 1.86. The molecule has 0 aliphatic carbocycles. The molecule has 82 valence electrons. The smallest absolute Gasteiger partial charge is 0.0451 e. The number of rotatable bonds is 3. The molecule has 1 heterocycles.